The van der Waals surface area contributed by atoms with Gasteiger partial charge >= 0.3 is 5.97 Å². The molecule has 1 amide bonds. The van der Waals surface area contributed by atoms with Crippen molar-refractivity contribution in [1.82, 2.24) is 9.62 Å². The maximum absolute atomic E-state index is 12.9. The molecule has 1 aromatic heterocycles. The third-order valence-corrected chi connectivity index (χ3v) is 6.53. The third kappa shape index (κ3) is 6.70. The zero-order chi connectivity index (χ0) is 20.6. The molecule has 10 heteroatoms. The Labute approximate surface area is 167 Å². The first-order valence-electron chi connectivity index (χ1n) is 8.45. The van der Waals surface area contributed by atoms with Gasteiger partial charge in [0, 0.05) is 24.9 Å². The predicted octanol–water partition coefficient (Wildman–Crippen LogP) is 2.15. The number of rotatable bonds is 10. The van der Waals surface area contributed by atoms with Crippen LogP contribution in [0.1, 0.15) is 17.7 Å². The van der Waals surface area contributed by atoms with Crippen LogP contribution in [0.4, 0.5) is 4.39 Å². The molecule has 2 aromatic rings. The lowest BCUT2D eigenvalue weighted by atomic mass is 10.3. The van der Waals surface area contributed by atoms with Gasteiger partial charge in [-0.05, 0) is 42.1 Å². The molecule has 0 saturated heterocycles. The molecule has 1 N–H and O–H groups in total. The summed E-state index contributed by atoms with van der Waals surface area (Å²) in [7, 11) is -2.38. The molecule has 0 atom stereocenters. The molecule has 7 nitrogen and oxygen atoms in total. The molecule has 1 heterocycles. The van der Waals surface area contributed by atoms with Crippen molar-refractivity contribution in [2.45, 2.75) is 24.3 Å². The summed E-state index contributed by atoms with van der Waals surface area (Å²) in [6.45, 7) is 0.0768. The molecule has 0 bridgehead atoms. The highest BCUT2D eigenvalue weighted by atomic mass is 32.2. The zero-order valence-electron chi connectivity index (χ0n) is 15.3. The van der Waals surface area contributed by atoms with Crippen molar-refractivity contribution in [1.29, 1.82) is 0 Å². The maximum atomic E-state index is 12.9. The van der Waals surface area contributed by atoms with E-state index < -0.39 is 27.7 Å². The lowest BCUT2D eigenvalue weighted by Crippen LogP contribution is -2.29. The van der Waals surface area contributed by atoms with Crippen molar-refractivity contribution in [3.63, 3.8) is 0 Å². The number of hydrogen-bond donors (Lipinski definition) is 1. The van der Waals surface area contributed by atoms with E-state index >= 15 is 0 Å². The molecule has 0 radical (unpaired) electrons. The number of nitrogens with one attached hydrogen (secondary N) is 1. The number of carbonyl (C=O) groups is 2. The van der Waals surface area contributed by atoms with Crippen LogP contribution < -0.4 is 5.32 Å². The fourth-order valence-electron chi connectivity index (χ4n) is 2.22. The van der Waals surface area contributed by atoms with Gasteiger partial charge in [-0.15, -0.1) is 11.3 Å². The van der Waals surface area contributed by atoms with Crippen LogP contribution in [0.25, 0.3) is 0 Å². The molecule has 0 unspecified atom stereocenters. The second-order valence-electron chi connectivity index (χ2n) is 5.90. The van der Waals surface area contributed by atoms with E-state index in [0.29, 0.717) is 6.54 Å². The smallest absolute Gasteiger partial charge is 0.306 e. The Kier molecular flexibility index (Phi) is 8.09. The van der Waals surface area contributed by atoms with E-state index in [-0.39, 0.29) is 30.9 Å². The molecule has 0 aliphatic carbocycles. The van der Waals surface area contributed by atoms with Crippen LogP contribution >= 0.6 is 11.3 Å². The van der Waals surface area contributed by atoms with Gasteiger partial charge in [0.2, 0.25) is 10.0 Å². The Balaban J connectivity index is 1.68. The quantitative estimate of drug-likeness (QED) is 0.586. The Morgan fingerprint density at radius 2 is 1.93 bits per heavy atom. The molecule has 0 aliphatic heterocycles. The molecule has 0 saturated carbocycles. The number of hydrogen-bond acceptors (Lipinski definition) is 6. The van der Waals surface area contributed by atoms with Crippen LogP contribution in [0.2, 0.25) is 0 Å². The molecular formula is C18H21FN2O5S2. The van der Waals surface area contributed by atoms with Gasteiger partial charge in [-0.25, -0.2) is 17.1 Å². The Bertz CT molecular complexity index is 883. The van der Waals surface area contributed by atoms with E-state index in [1.807, 2.05) is 17.5 Å². The van der Waals surface area contributed by atoms with Gasteiger partial charge in [-0.1, -0.05) is 6.07 Å². The second-order valence-corrected chi connectivity index (χ2v) is 8.98. The van der Waals surface area contributed by atoms with E-state index in [4.69, 9.17) is 4.74 Å². The summed E-state index contributed by atoms with van der Waals surface area (Å²) >= 11 is 1.51. The number of ether oxygens (including phenoxy) is 1. The van der Waals surface area contributed by atoms with E-state index in [1.54, 1.807) is 0 Å². The highest BCUT2D eigenvalue weighted by molar-refractivity contribution is 7.89. The first-order chi connectivity index (χ1) is 13.3. The van der Waals surface area contributed by atoms with Gasteiger partial charge in [-0.2, -0.15) is 0 Å². The minimum Gasteiger partial charge on any atom is -0.456 e. The Hall–Kier alpha value is -2.30. The average molecular weight is 429 g/mol. The number of carbonyl (C=O) groups excluding carboxylic acids is 2. The number of nitrogens with zero attached hydrogens (tertiary/aromatic N) is 1. The van der Waals surface area contributed by atoms with Gasteiger partial charge in [0.05, 0.1) is 11.4 Å². The van der Waals surface area contributed by atoms with E-state index in [1.165, 1.54) is 30.5 Å². The van der Waals surface area contributed by atoms with Gasteiger partial charge < -0.3 is 10.1 Å². The van der Waals surface area contributed by atoms with Crippen molar-refractivity contribution in [2.75, 3.05) is 20.2 Å². The van der Waals surface area contributed by atoms with Gasteiger partial charge in [0.25, 0.3) is 5.91 Å². The number of amides is 1. The van der Waals surface area contributed by atoms with Gasteiger partial charge in [0.15, 0.2) is 6.61 Å². The number of halogens is 1. The summed E-state index contributed by atoms with van der Waals surface area (Å²) in [4.78, 5) is 24.3. The third-order valence-electron chi connectivity index (χ3n) is 3.78. The highest BCUT2D eigenvalue weighted by Crippen LogP contribution is 2.15. The Morgan fingerprint density at radius 3 is 2.57 bits per heavy atom. The Morgan fingerprint density at radius 1 is 1.21 bits per heavy atom. The summed E-state index contributed by atoms with van der Waals surface area (Å²) in [5.74, 6) is -1.51. The maximum Gasteiger partial charge on any atom is 0.306 e. The van der Waals surface area contributed by atoms with Gasteiger partial charge in [0.1, 0.15) is 5.82 Å². The SMILES string of the molecule is CN(CCCC(=O)OCC(=O)NCc1cccs1)S(=O)(=O)c1ccc(F)cc1. The van der Waals surface area contributed by atoms with E-state index in [2.05, 4.69) is 5.32 Å². The first-order valence-corrected chi connectivity index (χ1v) is 10.8. The van der Waals surface area contributed by atoms with Crippen molar-refractivity contribution in [3.8, 4) is 0 Å². The molecule has 28 heavy (non-hydrogen) atoms. The topological polar surface area (TPSA) is 92.8 Å². The number of thiophene rings is 1. The number of benzene rings is 1. The standard InChI is InChI=1S/C18H21FN2O5S2/c1-21(28(24,25)16-8-6-14(19)7-9-16)10-2-5-18(23)26-13-17(22)20-12-15-4-3-11-27-15/h3-4,6-9,11H,2,5,10,12-13H2,1H3,(H,20,22). The summed E-state index contributed by atoms with van der Waals surface area (Å²) in [6, 6.07) is 8.27. The van der Waals surface area contributed by atoms with Crippen LogP contribution in [0.3, 0.4) is 0 Å². The highest BCUT2D eigenvalue weighted by Gasteiger charge is 2.20. The fraction of sp³-hybridized carbons (Fsp3) is 0.333. The molecule has 2 rings (SSSR count). The van der Waals surface area contributed by atoms with Crippen molar-refractivity contribution >= 4 is 33.2 Å². The summed E-state index contributed by atoms with van der Waals surface area (Å²) in [6.07, 6.45) is 0.202. The van der Waals surface area contributed by atoms with Crippen molar-refractivity contribution in [2.24, 2.45) is 0 Å². The normalized spacial score (nSPS) is 11.4. The monoisotopic (exact) mass is 428 g/mol. The van der Waals surface area contributed by atoms with Crippen molar-refractivity contribution in [3.05, 3.63) is 52.5 Å². The van der Waals surface area contributed by atoms with Crippen molar-refractivity contribution < 1.29 is 27.1 Å². The first kappa shape index (κ1) is 22.0. The van der Waals surface area contributed by atoms with Crippen LogP contribution in [0.15, 0.2) is 46.7 Å². The minimum absolute atomic E-state index is 0.0263. The lowest BCUT2D eigenvalue weighted by molar-refractivity contribution is -0.148. The molecular weight excluding hydrogens is 407 g/mol. The number of esters is 1. The molecule has 0 spiro atoms. The average Bonchev–Trinajstić information content (AvgIpc) is 3.18. The fourth-order valence-corrected chi connectivity index (χ4v) is 4.07. The largest absolute Gasteiger partial charge is 0.456 e. The second kappa shape index (κ2) is 10.3. The predicted molar refractivity (Wildman–Crippen MR) is 103 cm³/mol. The summed E-state index contributed by atoms with van der Waals surface area (Å²) in [5.41, 5.74) is 0. The van der Waals surface area contributed by atoms with Crippen LogP contribution in [0.5, 0.6) is 0 Å². The summed E-state index contributed by atoms with van der Waals surface area (Å²) < 4.78 is 43.6. The molecule has 0 aliphatic rings. The summed E-state index contributed by atoms with van der Waals surface area (Å²) in [5, 5.41) is 4.53. The lowest BCUT2D eigenvalue weighted by Gasteiger charge is -2.16. The molecule has 0 fully saturated rings. The minimum atomic E-state index is -3.76. The zero-order valence-corrected chi connectivity index (χ0v) is 16.9. The van der Waals surface area contributed by atoms with Gasteiger partial charge in [-0.3, -0.25) is 9.59 Å². The van der Waals surface area contributed by atoms with E-state index in [0.717, 1.165) is 21.3 Å². The van der Waals surface area contributed by atoms with E-state index in [9.17, 15) is 22.4 Å². The van der Waals surface area contributed by atoms with Crippen LogP contribution in [0, 0.1) is 5.82 Å². The molecule has 1 aromatic carbocycles. The van der Waals surface area contributed by atoms with Crippen LogP contribution in [-0.4, -0.2) is 44.8 Å². The molecule has 152 valence electrons. The van der Waals surface area contributed by atoms with Crippen LogP contribution in [-0.2, 0) is 30.9 Å². The number of sulfonamides is 1.